The fraction of sp³-hybridized carbons (Fsp3) is 0.448. The molecule has 1 aromatic heterocycles. The number of hydroxylamine groups is 2. The number of carbonyl (C=O) groups is 6. The van der Waals surface area contributed by atoms with Gasteiger partial charge in [-0.25, -0.2) is 4.79 Å². The molecule has 2 unspecified atom stereocenters. The Morgan fingerprint density at radius 1 is 0.724 bits per heavy atom. The topological polar surface area (TPSA) is 222 Å². The summed E-state index contributed by atoms with van der Waals surface area (Å²) in [6.45, 7) is 9.19. The Morgan fingerprint density at radius 3 is 2.13 bits per heavy atom. The SMILES string of the molecule is CC[C@H](C(=O)C1CCCC[C@H]1C(=O)O[C@H](CCc1ccc(C)c(C)c1)c1cccc(OCC(=O)CCC(OCCC(=O)ON2C(=O)CCC2=O)Oc2ccc(-c3nnc(C)nn3)cc2)c1)c1cc(C)c(OC)c(OC)c1. The molecule has 1 saturated carbocycles. The maximum absolute atomic E-state index is 14.6. The molecule has 1 aliphatic carbocycles. The molecule has 2 fully saturated rings. The number of methoxy groups -OCH3 is 2. The van der Waals surface area contributed by atoms with E-state index in [2.05, 4.69) is 52.4 Å². The van der Waals surface area contributed by atoms with Gasteiger partial charge in [-0.1, -0.05) is 56.2 Å². The van der Waals surface area contributed by atoms with E-state index < -0.39 is 53.9 Å². The van der Waals surface area contributed by atoms with Crippen LogP contribution in [0.4, 0.5) is 0 Å². The number of nitrogens with zero attached hydrogens (tertiary/aromatic N) is 5. The van der Waals surface area contributed by atoms with Gasteiger partial charge in [0.25, 0.3) is 11.8 Å². The Hall–Kier alpha value is -7.60. The number of carbonyl (C=O) groups excluding carboxylic acids is 6. The summed E-state index contributed by atoms with van der Waals surface area (Å²) in [5.74, 6) is -1.66. The number of ether oxygens (including phenoxy) is 6. The number of amides is 2. The monoisotopic (exact) mass is 1040 g/mol. The van der Waals surface area contributed by atoms with Crippen molar-refractivity contribution in [1.29, 1.82) is 0 Å². The molecule has 5 atom stereocenters. The van der Waals surface area contributed by atoms with Crippen LogP contribution in [0, 0.1) is 39.5 Å². The number of rotatable bonds is 26. The summed E-state index contributed by atoms with van der Waals surface area (Å²) in [5, 5.41) is 16.5. The maximum Gasteiger partial charge on any atom is 0.335 e. The first-order chi connectivity index (χ1) is 36.6. The van der Waals surface area contributed by atoms with Gasteiger partial charge in [0.05, 0.1) is 33.2 Å². The van der Waals surface area contributed by atoms with Gasteiger partial charge in [0.2, 0.25) is 5.82 Å². The molecule has 5 aromatic rings. The van der Waals surface area contributed by atoms with Crippen molar-refractivity contribution in [3.8, 4) is 34.4 Å². The standard InChI is InChI=1S/C58H67N5O13/c1-8-46(42-31-37(4)56(71-7)50(33-42)70-6)55(68)47-14-9-10-15-48(47)58(69)75-49(24-18-39-17-16-35(2)36(3)30-39)41-12-11-13-45(32-41)73-34-43(64)21-27-54(72-29-28-53(67)76-63-51(65)25-26-52(63)66)74-44-22-19-40(20-23-44)57-61-59-38(5)60-62-57/h11-13,16-17,19-20,22-23,30-33,46-49,54H,8-10,14-15,18,21,24-29,34H2,1-7H3/t46-,47?,48+,49+,54?/m0/s1. The van der Waals surface area contributed by atoms with Gasteiger partial charge in [0.1, 0.15) is 30.0 Å². The van der Waals surface area contributed by atoms with Gasteiger partial charge in [0.15, 0.2) is 29.4 Å². The lowest BCUT2D eigenvalue weighted by Gasteiger charge is -2.33. The molecule has 76 heavy (non-hydrogen) atoms. The molecule has 2 aliphatic rings. The lowest BCUT2D eigenvalue weighted by Crippen LogP contribution is -2.37. The van der Waals surface area contributed by atoms with E-state index in [1.165, 1.54) is 5.56 Å². The molecule has 18 nitrogen and oxygen atoms in total. The van der Waals surface area contributed by atoms with E-state index in [1.807, 2.05) is 32.0 Å². The number of imide groups is 1. The number of hydrogen-bond donors (Lipinski definition) is 0. The first kappa shape index (κ1) is 56.1. The highest BCUT2D eigenvalue weighted by Gasteiger charge is 2.41. The van der Waals surface area contributed by atoms with Gasteiger partial charge in [-0.05, 0) is 136 Å². The van der Waals surface area contributed by atoms with Crippen LogP contribution in [-0.2, 0) is 49.5 Å². The summed E-state index contributed by atoms with van der Waals surface area (Å²) < 4.78 is 35.8. The highest BCUT2D eigenvalue weighted by atomic mass is 16.7. The largest absolute Gasteiger partial charge is 0.493 e. The second-order valence-corrected chi connectivity index (χ2v) is 19.3. The number of Topliss-reactive ketones (excluding diaryl/α,β-unsaturated/α-hetero) is 2. The van der Waals surface area contributed by atoms with E-state index in [-0.39, 0.29) is 56.9 Å². The van der Waals surface area contributed by atoms with Gasteiger partial charge in [-0.2, -0.15) is 0 Å². The molecular formula is C58H67N5O13. The molecule has 2 amide bonds. The summed E-state index contributed by atoms with van der Waals surface area (Å²) in [4.78, 5) is 84.1. The Labute approximate surface area is 443 Å². The molecule has 1 aliphatic heterocycles. The Morgan fingerprint density at radius 2 is 1.45 bits per heavy atom. The third-order valence-corrected chi connectivity index (χ3v) is 13.9. The van der Waals surface area contributed by atoms with Crippen LogP contribution < -0.4 is 18.9 Å². The van der Waals surface area contributed by atoms with E-state index >= 15 is 0 Å². The van der Waals surface area contributed by atoms with Crippen LogP contribution in [0.25, 0.3) is 11.4 Å². The molecule has 0 radical (unpaired) electrons. The number of esters is 1. The summed E-state index contributed by atoms with van der Waals surface area (Å²) in [5.41, 5.74) is 6.41. The third kappa shape index (κ3) is 14.8. The average molecular weight is 1040 g/mol. The minimum absolute atomic E-state index is 0.0149. The van der Waals surface area contributed by atoms with Crippen LogP contribution in [0.15, 0.2) is 78.9 Å². The quantitative estimate of drug-likeness (QED) is 0.0286. The highest BCUT2D eigenvalue weighted by molar-refractivity contribution is 6.01. The lowest BCUT2D eigenvalue weighted by molar-refractivity contribution is -0.199. The lowest BCUT2D eigenvalue weighted by atomic mass is 9.72. The zero-order chi connectivity index (χ0) is 54.3. The zero-order valence-electron chi connectivity index (χ0n) is 44.3. The fourth-order valence-electron chi connectivity index (χ4n) is 9.58. The van der Waals surface area contributed by atoms with Crippen LogP contribution in [0.3, 0.4) is 0 Å². The summed E-state index contributed by atoms with van der Waals surface area (Å²) in [7, 11) is 3.16. The predicted molar refractivity (Wildman–Crippen MR) is 277 cm³/mol. The molecule has 2 heterocycles. The first-order valence-corrected chi connectivity index (χ1v) is 25.9. The second kappa shape index (κ2) is 26.7. The minimum Gasteiger partial charge on any atom is -0.493 e. The van der Waals surface area contributed by atoms with Crippen molar-refractivity contribution in [2.45, 2.75) is 130 Å². The molecule has 18 heteroatoms. The van der Waals surface area contributed by atoms with Gasteiger partial charge < -0.3 is 33.3 Å². The van der Waals surface area contributed by atoms with Gasteiger partial charge >= 0.3 is 11.9 Å². The second-order valence-electron chi connectivity index (χ2n) is 19.3. The number of aromatic nitrogens is 4. The molecule has 7 rings (SSSR count). The fourth-order valence-corrected chi connectivity index (χ4v) is 9.58. The van der Waals surface area contributed by atoms with E-state index in [1.54, 1.807) is 63.6 Å². The molecule has 0 bridgehead atoms. The molecule has 402 valence electrons. The number of ketones is 2. The van der Waals surface area contributed by atoms with Crippen molar-refractivity contribution in [3.63, 3.8) is 0 Å². The predicted octanol–water partition coefficient (Wildman–Crippen LogP) is 9.12. The van der Waals surface area contributed by atoms with Gasteiger partial charge in [-0.15, -0.1) is 25.5 Å². The Bertz CT molecular complexity index is 2840. The van der Waals surface area contributed by atoms with E-state index in [4.69, 9.17) is 33.3 Å². The summed E-state index contributed by atoms with van der Waals surface area (Å²) in [6.07, 6.45) is 2.26. The van der Waals surface area contributed by atoms with Crippen LogP contribution in [0.1, 0.15) is 129 Å². The highest BCUT2D eigenvalue weighted by Crippen LogP contribution is 2.41. The summed E-state index contributed by atoms with van der Waals surface area (Å²) >= 11 is 0. The van der Waals surface area contributed by atoms with Crippen LogP contribution in [-0.4, -0.2) is 94.5 Å². The van der Waals surface area contributed by atoms with Crippen LogP contribution in [0.2, 0.25) is 0 Å². The normalized spacial score (nSPS) is 16.6. The zero-order valence-corrected chi connectivity index (χ0v) is 44.3. The van der Waals surface area contributed by atoms with Crippen molar-refractivity contribution >= 4 is 35.3 Å². The Balaban J connectivity index is 1.02. The third-order valence-electron chi connectivity index (χ3n) is 13.9. The van der Waals surface area contributed by atoms with Crippen LogP contribution in [0.5, 0.6) is 23.0 Å². The van der Waals surface area contributed by atoms with Crippen molar-refractivity contribution in [3.05, 3.63) is 118 Å². The smallest absolute Gasteiger partial charge is 0.335 e. The van der Waals surface area contributed by atoms with Crippen molar-refractivity contribution < 1.29 is 62.0 Å². The number of aryl methyl sites for hydroxylation is 5. The average Bonchev–Trinajstić information content (AvgIpc) is 3.75. The van der Waals surface area contributed by atoms with Gasteiger partial charge in [-0.3, -0.25) is 24.0 Å². The van der Waals surface area contributed by atoms with E-state index in [0.717, 1.165) is 35.1 Å². The molecule has 0 spiro atoms. The molecule has 4 aromatic carbocycles. The van der Waals surface area contributed by atoms with Gasteiger partial charge in [0, 0.05) is 43.1 Å². The minimum atomic E-state index is -1.02. The first-order valence-electron chi connectivity index (χ1n) is 25.9. The number of hydrogen-bond acceptors (Lipinski definition) is 17. The molecular weight excluding hydrogens is 975 g/mol. The Kier molecular flexibility index (Phi) is 19.8. The molecule has 1 saturated heterocycles. The number of benzene rings is 4. The molecule has 0 N–H and O–H groups in total. The van der Waals surface area contributed by atoms with Crippen molar-refractivity contribution in [2.75, 3.05) is 27.4 Å². The van der Waals surface area contributed by atoms with Crippen molar-refractivity contribution in [1.82, 2.24) is 25.5 Å². The van der Waals surface area contributed by atoms with E-state index in [9.17, 15) is 28.8 Å². The van der Waals surface area contributed by atoms with Crippen molar-refractivity contribution in [2.24, 2.45) is 11.8 Å². The van der Waals surface area contributed by atoms with E-state index in [0.29, 0.717) is 82.9 Å². The summed E-state index contributed by atoms with van der Waals surface area (Å²) in [6, 6.07) is 24.0. The van der Waals surface area contributed by atoms with Crippen LogP contribution >= 0.6 is 0 Å². The maximum atomic E-state index is 14.6.